The van der Waals surface area contributed by atoms with E-state index < -0.39 is 28.1 Å². The summed E-state index contributed by atoms with van der Waals surface area (Å²) in [7, 11) is -2.43. The van der Waals surface area contributed by atoms with E-state index in [1.807, 2.05) is 44.2 Å². The van der Waals surface area contributed by atoms with Gasteiger partial charge in [0, 0.05) is 18.7 Å². The number of nitrogens with one attached hydrogen (secondary N) is 1. The molecular weight excluding hydrogens is 504 g/mol. The lowest BCUT2D eigenvalue weighted by Gasteiger charge is -2.31. The van der Waals surface area contributed by atoms with E-state index in [4.69, 9.17) is 4.74 Å². The van der Waals surface area contributed by atoms with Crippen molar-refractivity contribution < 1.29 is 28.2 Å². The van der Waals surface area contributed by atoms with E-state index in [1.54, 1.807) is 19.1 Å². The molecule has 3 rings (SSSR count). The molecule has 38 heavy (non-hydrogen) atoms. The summed E-state index contributed by atoms with van der Waals surface area (Å²) in [6, 6.07) is 19.1. The van der Waals surface area contributed by atoms with Crippen LogP contribution in [0.5, 0.6) is 11.5 Å². The van der Waals surface area contributed by atoms with E-state index in [0.717, 1.165) is 5.56 Å². The van der Waals surface area contributed by atoms with Gasteiger partial charge in [-0.15, -0.1) is 0 Å². The Morgan fingerprint density at radius 2 is 1.66 bits per heavy atom. The number of aliphatic hydroxyl groups excluding tert-OH is 1. The highest BCUT2D eigenvalue weighted by molar-refractivity contribution is 7.89. The Hall–Kier alpha value is -3.40. The Kier molecular flexibility index (Phi) is 9.90. The number of amides is 1. The van der Waals surface area contributed by atoms with Crippen LogP contribution in [0.4, 0.5) is 0 Å². The number of carbonyl (C=O) groups excluding carboxylic acids is 1. The van der Waals surface area contributed by atoms with Gasteiger partial charge >= 0.3 is 0 Å². The van der Waals surface area contributed by atoms with E-state index in [-0.39, 0.29) is 29.7 Å². The van der Waals surface area contributed by atoms with Crippen LogP contribution in [0, 0.1) is 12.8 Å². The smallest absolute Gasteiger partial charge is 0.251 e. The highest BCUT2D eigenvalue weighted by Crippen LogP contribution is 2.22. The maximum atomic E-state index is 13.6. The molecule has 9 heteroatoms. The largest absolute Gasteiger partial charge is 0.508 e. The van der Waals surface area contributed by atoms with Gasteiger partial charge < -0.3 is 20.3 Å². The molecule has 8 nitrogen and oxygen atoms in total. The van der Waals surface area contributed by atoms with E-state index >= 15 is 0 Å². The third kappa shape index (κ3) is 7.56. The second-order valence-electron chi connectivity index (χ2n) is 9.73. The number of ether oxygens (including phenoxy) is 1. The number of aromatic hydroxyl groups is 1. The maximum Gasteiger partial charge on any atom is 0.251 e. The summed E-state index contributed by atoms with van der Waals surface area (Å²) in [5, 5.41) is 24.0. The van der Waals surface area contributed by atoms with Gasteiger partial charge in [0.2, 0.25) is 10.0 Å². The van der Waals surface area contributed by atoms with Crippen molar-refractivity contribution in [2.24, 2.45) is 5.92 Å². The van der Waals surface area contributed by atoms with Gasteiger partial charge in [0.1, 0.15) is 11.5 Å². The molecule has 0 saturated carbocycles. The Labute approximate surface area is 224 Å². The van der Waals surface area contributed by atoms with Crippen LogP contribution >= 0.6 is 0 Å². The first-order chi connectivity index (χ1) is 18.0. The number of nitrogens with zero attached hydrogens (tertiary/aromatic N) is 1. The molecule has 3 aromatic carbocycles. The molecule has 0 saturated heterocycles. The number of hydrogen-bond acceptors (Lipinski definition) is 6. The molecule has 0 aliphatic rings. The molecule has 0 bridgehead atoms. The topological polar surface area (TPSA) is 116 Å². The molecule has 0 spiro atoms. The summed E-state index contributed by atoms with van der Waals surface area (Å²) in [6.07, 6.45) is -0.911. The molecule has 3 aromatic rings. The van der Waals surface area contributed by atoms with Crippen LogP contribution in [-0.2, 0) is 16.4 Å². The zero-order chi connectivity index (χ0) is 27.9. The monoisotopic (exact) mass is 540 g/mol. The van der Waals surface area contributed by atoms with Crippen molar-refractivity contribution in [3.8, 4) is 11.5 Å². The van der Waals surface area contributed by atoms with Gasteiger partial charge in [-0.25, -0.2) is 8.42 Å². The number of benzene rings is 3. The maximum absolute atomic E-state index is 13.6. The van der Waals surface area contributed by atoms with Gasteiger partial charge in [-0.1, -0.05) is 44.2 Å². The first kappa shape index (κ1) is 29.2. The van der Waals surface area contributed by atoms with Crippen LogP contribution in [0.2, 0.25) is 0 Å². The SMILES string of the molecule is COc1ccc(S(=O)(=O)N(CC(C)C)C[C@@H](O)[C@H](Cc2ccccc2)NC(=O)c2ccc(O)cc2C)cc1. The molecule has 1 amide bonds. The summed E-state index contributed by atoms with van der Waals surface area (Å²) < 4.78 is 33.5. The minimum atomic E-state index is -3.94. The van der Waals surface area contributed by atoms with E-state index in [0.29, 0.717) is 23.3 Å². The van der Waals surface area contributed by atoms with Crippen LogP contribution in [0.1, 0.15) is 35.3 Å². The molecule has 2 atom stereocenters. The first-order valence-corrected chi connectivity index (χ1v) is 13.9. The molecule has 0 aromatic heterocycles. The first-order valence-electron chi connectivity index (χ1n) is 12.5. The molecule has 204 valence electrons. The molecule has 0 fully saturated rings. The fourth-order valence-corrected chi connectivity index (χ4v) is 5.83. The lowest BCUT2D eigenvalue weighted by atomic mass is 9.99. The number of aliphatic hydroxyl groups is 1. The molecular formula is C29H36N2O6S. The van der Waals surface area contributed by atoms with Gasteiger partial charge in [-0.3, -0.25) is 4.79 Å². The third-order valence-electron chi connectivity index (χ3n) is 6.19. The van der Waals surface area contributed by atoms with Crippen LogP contribution in [-0.4, -0.2) is 61.2 Å². The van der Waals surface area contributed by atoms with Crippen LogP contribution in [0.25, 0.3) is 0 Å². The summed E-state index contributed by atoms with van der Waals surface area (Å²) in [6.45, 7) is 5.50. The second kappa shape index (κ2) is 12.9. The highest BCUT2D eigenvalue weighted by Gasteiger charge is 2.31. The predicted octanol–water partition coefficient (Wildman–Crippen LogP) is 3.76. The zero-order valence-corrected chi connectivity index (χ0v) is 23.0. The third-order valence-corrected chi connectivity index (χ3v) is 8.04. The molecule has 0 heterocycles. The lowest BCUT2D eigenvalue weighted by Crippen LogP contribution is -2.51. The highest BCUT2D eigenvalue weighted by atomic mass is 32.2. The quantitative estimate of drug-likeness (QED) is 0.322. The summed E-state index contributed by atoms with van der Waals surface area (Å²) in [4.78, 5) is 13.3. The van der Waals surface area contributed by atoms with Crippen LogP contribution in [0.3, 0.4) is 0 Å². The average Bonchev–Trinajstić information content (AvgIpc) is 2.88. The number of phenolic OH excluding ortho intramolecular Hbond substituents is 1. The number of aryl methyl sites for hydroxylation is 1. The fraction of sp³-hybridized carbons (Fsp3) is 0.345. The molecule has 0 aliphatic heterocycles. The van der Waals surface area contributed by atoms with E-state index in [1.165, 1.54) is 41.7 Å². The average molecular weight is 541 g/mol. The number of methoxy groups -OCH3 is 1. The Balaban J connectivity index is 1.90. The Bertz CT molecular complexity index is 1310. The minimum absolute atomic E-state index is 0.00275. The van der Waals surface area contributed by atoms with Crippen LogP contribution < -0.4 is 10.1 Å². The van der Waals surface area contributed by atoms with Crippen LogP contribution in [0.15, 0.2) is 77.7 Å². The number of sulfonamides is 1. The van der Waals surface area contributed by atoms with E-state index in [2.05, 4.69) is 5.32 Å². The van der Waals surface area contributed by atoms with Crippen molar-refractivity contribution in [3.05, 3.63) is 89.5 Å². The van der Waals surface area contributed by atoms with Gasteiger partial charge in [-0.05, 0) is 72.9 Å². The standard InChI is InChI=1S/C29H36N2O6S/c1-20(2)18-31(38(35,36)25-13-11-24(37-4)12-14-25)19-28(33)27(17-22-8-6-5-7-9-22)30-29(34)26-15-10-23(32)16-21(26)3/h5-16,20,27-28,32-33H,17-19H2,1-4H3,(H,30,34)/t27-,28+/m0/s1. The number of phenols is 1. The normalized spacial score (nSPS) is 13.3. The van der Waals surface area contributed by atoms with Crippen molar-refractivity contribution in [1.82, 2.24) is 9.62 Å². The van der Waals surface area contributed by atoms with Crippen molar-refractivity contribution >= 4 is 15.9 Å². The Morgan fingerprint density at radius 1 is 1.00 bits per heavy atom. The summed E-state index contributed by atoms with van der Waals surface area (Å²) in [5.74, 6) is 0.162. The van der Waals surface area contributed by atoms with Gasteiger partial charge in [0.25, 0.3) is 5.91 Å². The number of rotatable bonds is 12. The second-order valence-corrected chi connectivity index (χ2v) is 11.7. The minimum Gasteiger partial charge on any atom is -0.508 e. The Morgan fingerprint density at radius 3 is 2.24 bits per heavy atom. The summed E-state index contributed by atoms with van der Waals surface area (Å²) >= 11 is 0. The molecule has 0 aliphatic carbocycles. The van der Waals surface area contributed by atoms with Crippen molar-refractivity contribution in [2.75, 3.05) is 20.2 Å². The van der Waals surface area contributed by atoms with Gasteiger partial charge in [0.15, 0.2) is 0 Å². The summed E-state index contributed by atoms with van der Waals surface area (Å²) in [5.41, 5.74) is 1.82. The lowest BCUT2D eigenvalue weighted by molar-refractivity contribution is 0.0775. The van der Waals surface area contributed by atoms with Crippen molar-refractivity contribution in [1.29, 1.82) is 0 Å². The molecule has 3 N–H and O–H groups in total. The van der Waals surface area contributed by atoms with Crippen molar-refractivity contribution in [2.45, 2.75) is 44.2 Å². The zero-order valence-electron chi connectivity index (χ0n) is 22.2. The van der Waals surface area contributed by atoms with Crippen molar-refractivity contribution in [3.63, 3.8) is 0 Å². The number of hydrogen-bond donors (Lipinski definition) is 3. The van der Waals surface area contributed by atoms with Gasteiger partial charge in [0.05, 0.1) is 24.2 Å². The number of carbonyl (C=O) groups is 1. The van der Waals surface area contributed by atoms with Gasteiger partial charge in [-0.2, -0.15) is 4.31 Å². The molecule has 0 unspecified atom stereocenters. The predicted molar refractivity (Wildman–Crippen MR) is 147 cm³/mol. The fourth-order valence-electron chi connectivity index (χ4n) is 4.21. The van der Waals surface area contributed by atoms with E-state index in [9.17, 15) is 23.4 Å². The molecule has 0 radical (unpaired) electrons.